The first kappa shape index (κ1) is 13.5. The van der Waals surface area contributed by atoms with Crippen LogP contribution in [0.2, 0.25) is 0 Å². The maximum Gasteiger partial charge on any atom is 0.231 e. The van der Waals surface area contributed by atoms with Crippen molar-refractivity contribution in [1.29, 1.82) is 0 Å². The molecule has 0 spiro atoms. The average Bonchev–Trinajstić information content (AvgIpc) is 3.03. The van der Waals surface area contributed by atoms with Gasteiger partial charge in [0.25, 0.3) is 0 Å². The Morgan fingerprint density at radius 2 is 1.76 bits per heavy atom. The lowest BCUT2D eigenvalue weighted by Gasteiger charge is -1.98. The molecule has 0 saturated heterocycles. The fourth-order valence-corrected chi connectivity index (χ4v) is 2.48. The quantitative estimate of drug-likeness (QED) is 0.684. The molecule has 104 valence electrons. The summed E-state index contributed by atoms with van der Waals surface area (Å²) < 4.78 is 5.12. The van der Waals surface area contributed by atoms with E-state index in [1.165, 1.54) is 11.3 Å². The maximum atomic E-state index is 5.12. The molecule has 0 aliphatic carbocycles. The van der Waals surface area contributed by atoms with Gasteiger partial charge >= 0.3 is 0 Å². The molecule has 0 N–H and O–H groups in total. The van der Waals surface area contributed by atoms with Crippen LogP contribution in [-0.2, 0) is 0 Å². The lowest BCUT2D eigenvalue weighted by atomic mass is 10.2. The van der Waals surface area contributed by atoms with E-state index < -0.39 is 0 Å². The van der Waals surface area contributed by atoms with Crippen LogP contribution >= 0.6 is 11.3 Å². The van der Waals surface area contributed by atoms with Crippen molar-refractivity contribution in [2.24, 2.45) is 4.99 Å². The van der Waals surface area contributed by atoms with E-state index in [1.807, 2.05) is 54.6 Å². The van der Waals surface area contributed by atoms with Crippen LogP contribution in [0.4, 0.5) is 5.13 Å². The topological polar surface area (TPSA) is 47.4 Å². The lowest BCUT2D eigenvalue weighted by molar-refractivity contribution is 0.415. The zero-order chi connectivity index (χ0) is 14.5. The molecule has 5 heteroatoms. The third-order valence-electron chi connectivity index (χ3n) is 2.87. The van der Waals surface area contributed by atoms with Crippen LogP contribution in [0.25, 0.3) is 10.6 Å². The van der Waals surface area contributed by atoms with E-state index in [0.717, 1.165) is 21.9 Å². The van der Waals surface area contributed by atoms with Crippen molar-refractivity contribution in [3.8, 4) is 16.3 Å². The lowest BCUT2D eigenvalue weighted by Crippen LogP contribution is -1.84. The van der Waals surface area contributed by atoms with E-state index in [9.17, 15) is 0 Å². The number of nitrogens with zero attached hydrogens (tertiary/aromatic N) is 3. The van der Waals surface area contributed by atoms with Gasteiger partial charge in [-0.15, -0.1) is 10.2 Å². The van der Waals surface area contributed by atoms with E-state index in [2.05, 4.69) is 15.2 Å². The third-order valence-corrected chi connectivity index (χ3v) is 3.76. The van der Waals surface area contributed by atoms with Gasteiger partial charge in [-0.1, -0.05) is 41.7 Å². The number of hydrogen-bond acceptors (Lipinski definition) is 5. The van der Waals surface area contributed by atoms with Crippen LogP contribution < -0.4 is 4.74 Å². The molecular weight excluding hydrogens is 282 g/mol. The van der Waals surface area contributed by atoms with Crippen LogP contribution in [0.15, 0.2) is 59.6 Å². The minimum absolute atomic E-state index is 0.643. The third kappa shape index (κ3) is 3.32. The first-order chi connectivity index (χ1) is 10.3. The number of benzene rings is 2. The molecule has 0 bridgehead atoms. The molecule has 2 aromatic carbocycles. The first-order valence-corrected chi connectivity index (χ1v) is 7.24. The van der Waals surface area contributed by atoms with Crippen molar-refractivity contribution >= 4 is 22.7 Å². The Morgan fingerprint density at radius 1 is 1.00 bits per heavy atom. The van der Waals surface area contributed by atoms with Crippen molar-refractivity contribution in [2.45, 2.75) is 0 Å². The van der Waals surface area contributed by atoms with E-state index >= 15 is 0 Å². The van der Waals surface area contributed by atoms with Crippen molar-refractivity contribution < 1.29 is 4.74 Å². The predicted molar refractivity (Wildman–Crippen MR) is 85.6 cm³/mol. The van der Waals surface area contributed by atoms with E-state index in [1.54, 1.807) is 13.3 Å². The molecule has 0 fully saturated rings. The van der Waals surface area contributed by atoms with Crippen LogP contribution in [0.5, 0.6) is 5.75 Å². The van der Waals surface area contributed by atoms with Gasteiger partial charge in [0.05, 0.1) is 7.11 Å². The van der Waals surface area contributed by atoms with Gasteiger partial charge in [0.15, 0.2) is 0 Å². The fraction of sp³-hybridized carbons (Fsp3) is 0.0625. The molecule has 0 unspecified atom stereocenters. The fourth-order valence-electron chi connectivity index (χ4n) is 1.78. The van der Waals surface area contributed by atoms with Crippen LogP contribution in [-0.4, -0.2) is 23.5 Å². The van der Waals surface area contributed by atoms with Gasteiger partial charge in [-0.25, -0.2) is 4.99 Å². The summed E-state index contributed by atoms with van der Waals surface area (Å²) in [5.74, 6) is 0.828. The summed E-state index contributed by atoms with van der Waals surface area (Å²) in [7, 11) is 1.65. The molecule has 1 aromatic heterocycles. The Hall–Kier alpha value is -2.53. The Bertz CT molecular complexity index is 736. The molecule has 3 rings (SSSR count). The summed E-state index contributed by atoms with van der Waals surface area (Å²) in [5.41, 5.74) is 2.05. The number of methoxy groups -OCH3 is 1. The molecule has 0 saturated carbocycles. The molecular formula is C16H13N3OS. The monoisotopic (exact) mass is 295 g/mol. The van der Waals surface area contributed by atoms with Crippen molar-refractivity contribution in [3.05, 3.63) is 60.2 Å². The predicted octanol–water partition coefficient (Wildman–Crippen LogP) is 3.96. The molecule has 0 amide bonds. The number of rotatable bonds is 4. The summed E-state index contributed by atoms with van der Waals surface area (Å²) in [6, 6.07) is 17.7. The molecule has 0 radical (unpaired) electrons. The van der Waals surface area contributed by atoms with Crippen molar-refractivity contribution in [1.82, 2.24) is 10.2 Å². The molecule has 21 heavy (non-hydrogen) atoms. The first-order valence-electron chi connectivity index (χ1n) is 6.42. The molecule has 4 nitrogen and oxygen atoms in total. The number of hydrogen-bond donors (Lipinski definition) is 0. The zero-order valence-electron chi connectivity index (χ0n) is 11.4. The average molecular weight is 295 g/mol. The highest BCUT2D eigenvalue weighted by atomic mass is 32.1. The van der Waals surface area contributed by atoms with E-state index in [4.69, 9.17) is 4.74 Å². The van der Waals surface area contributed by atoms with Gasteiger partial charge < -0.3 is 4.74 Å². The SMILES string of the molecule is COc1ccc(C=Nc2nnc(-c3ccccc3)s2)cc1. The minimum atomic E-state index is 0.643. The largest absolute Gasteiger partial charge is 0.497 e. The van der Waals surface area contributed by atoms with Crippen molar-refractivity contribution in [2.75, 3.05) is 7.11 Å². The second-order valence-electron chi connectivity index (χ2n) is 4.29. The molecule has 0 aliphatic rings. The highest BCUT2D eigenvalue weighted by Crippen LogP contribution is 2.27. The van der Waals surface area contributed by atoms with Gasteiger partial charge in [-0.05, 0) is 29.8 Å². The summed E-state index contributed by atoms with van der Waals surface area (Å²) in [5, 5.41) is 9.76. The number of aliphatic imine (C=N–C) groups is 1. The van der Waals surface area contributed by atoms with Crippen LogP contribution in [0.3, 0.4) is 0 Å². The molecule has 1 heterocycles. The van der Waals surface area contributed by atoms with E-state index in [0.29, 0.717) is 5.13 Å². The normalized spacial score (nSPS) is 10.9. The number of ether oxygens (including phenoxy) is 1. The Morgan fingerprint density at radius 3 is 2.48 bits per heavy atom. The molecule has 0 aliphatic heterocycles. The molecule has 3 aromatic rings. The maximum absolute atomic E-state index is 5.12. The highest BCUT2D eigenvalue weighted by Gasteiger charge is 2.04. The summed E-state index contributed by atoms with van der Waals surface area (Å²) >= 11 is 1.47. The molecule has 0 atom stereocenters. The van der Waals surface area contributed by atoms with Gasteiger partial charge in [0, 0.05) is 11.8 Å². The highest BCUT2D eigenvalue weighted by molar-refractivity contribution is 7.18. The van der Waals surface area contributed by atoms with Gasteiger partial charge in [-0.3, -0.25) is 0 Å². The van der Waals surface area contributed by atoms with Crippen molar-refractivity contribution in [3.63, 3.8) is 0 Å². The summed E-state index contributed by atoms with van der Waals surface area (Å²) in [4.78, 5) is 4.36. The van der Waals surface area contributed by atoms with Gasteiger partial charge in [0.2, 0.25) is 5.13 Å². The van der Waals surface area contributed by atoms with Crippen LogP contribution in [0.1, 0.15) is 5.56 Å². The van der Waals surface area contributed by atoms with Gasteiger partial charge in [0.1, 0.15) is 10.8 Å². The Labute approximate surface area is 126 Å². The second-order valence-corrected chi connectivity index (χ2v) is 5.24. The summed E-state index contributed by atoms with van der Waals surface area (Å²) in [6.07, 6.45) is 1.77. The number of aromatic nitrogens is 2. The Balaban J connectivity index is 1.76. The summed E-state index contributed by atoms with van der Waals surface area (Å²) in [6.45, 7) is 0. The zero-order valence-corrected chi connectivity index (χ0v) is 12.2. The standard InChI is InChI=1S/C16H13N3OS/c1-20-14-9-7-12(8-10-14)11-17-16-19-18-15(21-16)13-5-3-2-4-6-13/h2-11H,1H3. The van der Waals surface area contributed by atoms with Gasteiger partial charge in [-0.2, -0.15) is 0 Å². The Kier molecular flexibility index (Phi) is 4.02. The van der Waals surface area contributed by atoms with Crippen LogP contribution in [0, 0.1) is 0 Å². The van der Waals surface area contributed by atoms with E-state index in [-0.39, 0.29) is 0 Å². The smallest absolute Gasteiger partial charge is 0.231 e. The minimum Gasteiger partial charge on any atom is -0.497 e. The second kappa shape index (κ2) is 6.28.